The van der Waals surface area contributed by atoms with Crippen LogP contribution in [0.4, 0.5) is 23.2 Å². The number of halogens is 4. The molecule has 1 aliphatic heterocycles. The van der Waals surface area contributed by atoms with Crippen LogP contribution in [0.1, 0.15) is 28.9 Å². The second-order valence-electron chi connectivity index (χ2n) is 6.51. The number of carboxylic acids is 1. The molecule has 12 heteroatoms. The quantitative estimate of drug-likeness (QED) is 0.451. The number of nitrogens with one attached hydrogen (secondary N) is 1. The number of carbonyl (C=O) groups excluding carboxylic acids is 1. The van der Waals surface area contributed by atoms with Crippen LogP contribution >= 0.6 is 23.1 Å². The summed E-state index contributed by atoms with van der Waals surface area (Å²) in [5.74, 6) is -1.99. The van der Waals surface area contributed by atoms with E-state index in [-0.39, 0.29) is 29.9 Å². The molecule has 2 aromatic rings. The van der Waals surface area contributed by atoms with Crippen molar-refractivity contribution in [3.05, 3.63) is 40.7 Å². The van der Waals surface area contributed by atoms with Gasteiger partial charge in [0.15, 0.2) is 10.0 Å². The van der Waals surface area contributed by atoms with Crippen molar-refractivity contribution in [2.75, 3.05) is 24.2 Å². The fourth-order valence-corrected chi connectivity index (χ4v) is 4.86. The van der Waals surface area contributed by atoms with E-state index in [0.717, 1.165) is 12.1 Å². The number of aromatic carboxylic acids is 1. The van der Waals surface area contributed by atoms with E-state index in [9.17, 15) is 27.2 Å². The molecule has 1 aliphatic rings. The molecule has 2 heterocycles. The number of thiazole rings is 1. The van der Waals surface area contributed by atoms with E-state index in [4.69, 9.17) is 5.11 Å². The number of thioether (sulfide) groups is 1. The number of aromatic nitrogens is 1. The summed E-state index contributed by atoms with van der Waals surface area (Å²) in [7, 11) is 0. The number of carboxylic acid groups (broad SMARTS) is 1. The number of hydrogen-bond donors (Lipinski definition) is 2. The van der Waals surface area contributed by atoms with Gasteiger partial charge in [0.25, 0.3) is 0 Å². The Morgan fingerprint density at radius 2 is 2.17 bits per heavy atom. The van der Waals surface area contributed by atoms with Crippen LogP contribution in [0.15, 0.2) is 27.9 Å². The van der Waals surface area contributed by atoms with Crippen LogP contribution in [0.3, 0.4) is 0 Å². The van der Waals surface area contributed by atoms with Gasteiger partial charge in [-0.2, -0.15) is 13.2 Å². The van der Waals surface area contributed by atoms with Gasteiger partial charge >= 0.3 is 12.1 Å². The van der Waals surface area contributed by atoms with Crippen molar-refractivity contribution in [1.29, 1.82) is 0 Å². The highest BCUT2D eigenvalue weighted by molar-refractivity contribution is 8.01. The summed E-state index contributed by atoms with van der Waals surface area (Å²) < 4.78 is 52.5. The lowest BCUT2D eigenvalue weighted by atomic mass is 10.1. The van der Waals surface area contributed by atoms with Crippen LogP contribution in [0.25, 0.3) is 0 Å². The van der Waals surface area contributed by atoms with Gasteiger partial charge in [0.2, 0.25) is 5.91 Å². The molecule has 0 aliphatic carbocycles. The number of carbonyl (C=O) groups is 2. The molecule has 3 rings (SSSR count). The molecule has 0 saturated carbocycles. The largest absolute Gasteiger partial charge is 0.476 e. The number of benzene rings is 1. The first kappa shape index (κ1) is 22.3. The number of likely N-dealkylation sites (tertiary alicyclic amines) is 1. The standard InChI is InChI=1S/C18H17F4N3O3S2/c19-13-3-1-10(7-12(13)18(20,21)22)23-8-11-2-4-15(26)25(11)5-6-29-17-24-14(9-30-17)16(27)28/h1,3,7,9,11,23H,2,4-6,8H2,(H,27,28). The molecule has 30 heavy (non-hydrogen) atoms. The van der Waals surface area contributed by atoms with E-state index in [1.54, 1.807) is 4.90 Å². The Balaban J connectivity index is 1.55. The SMILES string of the molecule is O=C(O)c1csc(SCCN2C(=O)CCC2CNc2ccc(F)c(C(F)(F)F)c2)n1. The van der Waals surface area contributed by atoms with Gasteiger partial charge in [-0.3, -0.25) is 4.79 Å². The van der Waals surface area contributed by atoms with Gasteiger partial charge in [0.05, 0.1) is 5.56 Å². The third kappa shape index (κ3) is 5.42. The van der Waals surface area contributed by atoms with Gasteiger partial charge < -0.3 is 15.3 Å². The van der Waals surface area contributed by atoms with Crippen molar-refractivity contribution >= 4 is 40.7 Å². The van der Waals surface area contributed by atoms with Crippen molar-refractivity contribution in [3.8, 4) is 0 Å². The molecule has 1 aromatic carbocycles. The zero-order valence-electron chi connectivity index (χ0n) is 15.4. The Morgan fingerprint density at radius 3 is 2.83 bits per heavy atom. The van der Waals surface area contributed by atoms with Gasteiger partial charge in [-0.15, -0.1) is 11.3 Å². The van der Waals surface area contributed by atoms with E-state index in [1.165, 1.54) is 34.5 Å². The molecule has 0 bridgehead atoms. The van der Waals surface area contributed by atoms with Crippen LogP contribution in [-0.2, 0) is 11.0 Å². The maximum absolute atomic E-state index is 13.4. The van der Waals surface area contributed by atoms with Crippen molar-refractivity contribution in [3.63, 3.8) is 0 Å². The molecule has 2 N–H and O–H groups in total. The molecular weight excluding hydrogens is 446 g/mol. The molecule has 1 fully saturated rings. The summed E-state index contributed by atoms with van der Waals surface area (Å²) in [6.07, 6.45) is -3.89. The van der Waals surface area contributed by atoms with E-state index in [0.29, 0.717) is 29.5 Å². The highest BCUT2D eigenvalue weighted by atomic mass is 32.2. The van der Waals surface area contributed by atoms with Gasteiger partial charge in [0, 0.05) is 42.4 Å². The lowest BCUT2D eigenvalue weighted by molar-refractivity contribution is -0.140. The summed E-state index contributed by atoms with van der Waals surface area (Å²) in [5.41, 5.74) is -1.24. The minimum absolute atomic E-state index is 0.0284. The fraction of sp³-hybridized carbons (Fsp3) is 0.389. The summed E-state index contributed by atoms with van der Waals surface area (Å²) in [6.45, 7) is 0.634. The van der Waals surface area contributed by atoms with Crippen molar-refractivity contribution < 1.29 is 32.3 Å². The monoisotopic (exact) mass is 463 g/mol. The normalized spacial score (nSPS) is 16.9. The lowest BCUT2D eigenvalue weighted by Gasteiger charge is -2.25. The molecule has 1 saturated heterocycles. The highest BCUT2D eigenvalue weighted by Crippen LogP contribution is 2.33. The second-order valence-corrected chi connectivity index (χ2v) is 8.71. The van der Waals surface area contributed by atoms with Crippen LogP contribution in [-0.4, -0.2) is 51.8 Å². The predicted octanol–water partition coefficient (Wildman–Crippen LogP) is 4.19. The fourth-order valence-electron chi connectivity index (χ4n) is 3.05. The molecular formula is C18H17F4N3O3S2. The number of rotatable bonds is 8. The van der Waals surface area contributed by atoms with Gasteiger partial charge in [-0.25, -0.2) is 14.2 Å². The second kappa shape index (κ2) is 9.21. The van der Waals surface area contributed by atoms with E-state index in [1.807, 2.05) is 0 Å². The van der Waals surface area contributed by atoms with Gasteiger partial charge in [-0.1, -0.05) is 11.8 Å². The zero-order valence-corrected chi connectivity index (χ0v) is 17.0. The minimum Gasteiger partial charge on any atom is -0.476 e. The van der Waals surface area contributed by atoms with Crippen LogP contribution < -0.4 is 5.32 Å². The molecule has 6 nitrogen and oxygen atoms in total. The van der Waals surface area contributed by atoms with Crippen LogP contribution in [0, 0.1) is 5.82 Å². The van der Waals surface area contributed by atoms with E-state index >= 15 is 0 Å². The number of anilines is 1. The summed E-state index contributed by atoms with van der Waals surface area (Å²) in [6, 6.07) is 2.50. The molecule has 1 aromatic heterocycles. The third-order valence-electron chi connectivity index (χ3n) is 4.53. The first-order valence-corrected chi connectivity index (χ1v) is 10.7. The topological polar surface area (TPSA) is 82.5 Å². The van der Waals surface area contributed by atoms with Crippen LogP contribution in [0.5, 0.6) is 0 Å². The number of hydrogen-bond acceptors (Lipinski definition) is 6. The molecule has 162 valence electrons. The van der Waals surface area contributed by atoms with Gasteiger partial charge in [0.1, 0.15) is 5.82 Å². The Morgan fingerprint density at radius 1 is 1.40 bits per heavy atom. The van der Waals surface area contributed by atoms with Crippen molar-refractivity contribution in [1.82, 2.24) is 9.88 Å². The first-order valence-electron chi connectivity index (χ1n) is 8.87. The molecule has 0 spiro atoms. The predicted molar refractivity (Wildman–Crippen MR) is 104 cm³/mol. The first-order chi connectivity index (χ1) is 14.1. The molecule has 1 atom stereocenters. The summed E-state index contributed by atoms with van der Waals surface area (Å²) in [4.78, 5) is 28.6. The van der Waals surface area contributed by atoms with E-state index in [2.05, 4.69) is 10.3 Å². The Bertz CT molecular complexity index is 936. The average molecular weight is 463 g/mol. The Kier molecular flexibility index (Phi) is 6.86. The van der Waals surface area contributed by atoms with Crippen molar-refractivity contribution in [2.24, 2.45) is 0 Å². The van der Waals surface area contributed by atoms with E-state index < -0.39 is 23.5 Å². The molecule has 0 radical (unpaired) electrons. The molecule has 1 amide bonds. The lowest BCUT2D eigenvalue weighted by Crippen LogP contribution is -2.39. The molecule has 1 unspecified atom stereocenters. The smallest absolute Gasteiger partial charge is 0.419 e. The average Bonchev–Trinajstić information content (AvgIpc) is 3.28. The maximum Gasteiger partial charge on any atom is 0.419 e. The summed E-state index contributed by atoms with van der Waals surface area (Å²) >= 11 is 2.54. The number of nitrogens with zero attached hydrogens (tertiary/aromatic N) is 2. The number of alkyl halides is 3. The third-order valence-corrected chi connectivity index (χ3v) is 6.53. The van der Waals surface area contributed by atoms with Crippen molar-refractivity contribution in [2.45, 2.75) is 29.4 Å². The van der Waals surface area contributed by atoms with Gasteiger partial charge in [-0.05, 0) is 24.6 Å². The Labute approximate surface area is 177 Å². The maximum atomic E-state index is 13.4. The van der Waals surface area contributed by atoms with Crippen LogP contribution in [0.2, 0.25) is 0 Å². The summed E-state index contributed by atoms with van der Waals surface area (Å²) in [5, 5.41) is 13.2. The minimum atomic E-state index is -4.79. The highest BCUT2D eigenvalue weighted by Gasteiger charge is 2.34. The zero-order chi connectivity index (χ0) is 21.9. The Hall–Kier alpha value is -2.34. The number of amides is 1.